The van der Waals surface area contributed by atoms with Gasteiger partial charge in [-0.1, -0.05) is 121 Å². The molecule has 0 unspecified atom stereocenters. The molecule has 0 saturated heterocycles. The van der Waals surface area contributed by atoms with Gasteiger partial charge in [0.25, 0.3) is 0 Å². The van der Waals surface area contributed by atoms with Crippen LogP contribution in [-0.2, 0) is 0 Å². The highest BCUT2D eigenvalue weighted by Gasteiger charge is 2.18. The number of benzene rings is 5. The maximum Gasteiger partial charge on any atom is 0.173 e. The lowest BCUT2D eigenvalue weighted by molar-refractivity contribution is 1.20. The molecule has 0 spiro atoms. The van der Waals surface area contributed by atoms with Crippen molar-refractivity contribution in [2.75, 3.05) is 4.90 Å². The van der Waals surface area contributed by atoms with Gasteiger partial charge in [-0.25, -0.2) is 4.98 Å². The van der Waals surface area contributed by atoms with Gasteiger partial charge in [-0.15, -0.1) is 0 Å². The molecule has 0 N–H and O–H groups in total. The minimum absolute atomic E-state index is 0.689. The van der Waals surface area contributed by atoms with Gasteiger partial charge in [0.1, 0.15) is 5.01 Å². The molecule has 48 heavy (non-hydrogen) atoms. The largest absolute Gasteiger partial charge is 0.307 e. The number of hydrogen-bond donors (Lipinski definition) is 0. The summed E-state index contributed by atoms with van der Waals surface area (Å²) in [5.41, 5.74) is 11.4. The fourth-order valence-electron chi connectivity index (χ4n) is 5.83. The van der Waals surface area contributed by atoms with Crippen LogP contribution in [0.3, 0.4) is 0 Å². The molecule has 8 rings (SSSR count). The Labute approximate surface area is 283 Å². The van der Waals surface area contributed by atoms with Crippen LogP contribution < -0.4 is 4.90 Å². The van der Waals surface area contributed by atoms with Crippen LogP contribution in [0.25, 0.3) is 55.3 Å². The molecule has 0 fully saturated rings. The molecular formula is C42H29N5S. The zero-order valence-corrected chi connectivity index (χ0v) is 26.7. The zero-order chi connectivity index (χ0) is 32.1. The van der Waals surface area contributed by atoms with E-state index in [0.717, 1.165) is 61.0 Å². The van der Waals surface area contributed by atoms with Crippen molar-refractivity contribution in [1.82, 2.24) is 19.3 Å². The molecule has 5 aromatic carbocycles. The first kappa shape index (κ1) is 29.2. The van der Waals surface area contributed by atoms with E-state index in [0.29, 0.717) is 5.82 Å². The predicted octanol–water partition coefficient (Wildman–Crippen LogP) is 11.1. The molecule has 0 saturated carbocycles. The molecule has 6 heteroatoms. The van der Waals surface area contributed by atoms with E-state index >= 15 is 0 Å². The van der Waals surface area contributed by atoms with E-state index < -0.39 is 0 Å². The Kier molecular flexibility index (Phi) is 8.05. The second kappa shape index (κ2) is 13.2. The van der Waals surface area contributed by atoms with E-state index in [4.69, 9.17) is 9.36 Å². The molecule has 0 aliphatic heterocycles. The van der Waals surface area contributed by atoms with Gasteiger partial charge in [-0.05, 0) is 64.1 Å². The smallest absolute Gasteiger partial charge is 0.173 e. The van der Waals surface area contributed by atoms with Gasteiger partial charge in [0, 0.05) is 40.3 Å². The molecule has 0 aliphatic carbocycles. The van der Waals surface area contributed by atoms with Crippen molar-refractivity contribution < 1.29 is 0 Å². The number of rotatable bonds is 8. The number of anilines is 3. The van der Waals surface area contributed by atoms with Crippen LogP contribution in [-0.4, -0.2) is 19.3 Å². The van der Waals surface area contributed by atoms with E-state index in [1.807, 2.05) is 67.3 Å². The first-order valence-corrected chi connectivity index (χ1v) is 16.5. The Hall–Kier alpha value is -6.24. The van der Waals surface area contributed by atoms with Crippen molar-refractivity contribution >= 4 is 28.6 Å². The van der Waals surface area contributed by atoms with Gasteiger partial charge >= 0.3 is 0 Å². The number of aromatic nitrogens is 4. The van der Waals surface area contributed by atoms with Crippen LogP contribution in [0.1, 0.15) is 0 Å². The topological polar surface area (TPSA) is 54.8 Å². The van der Waals surface area contributed by atoms with E-state index in [1.54, 1.807) is 0 Å². The van der Waals surface area contributed by atoms with E-state index in [1.165, 1.54) is 17.1 Å². The number of nitrogens with zero attached hydrogens (tertiary/aromatic N) is 5. The first-order chi connectivity index (χ1) is 23.8. The van der Waals surface area contributed by atoms with Crippen LogP contribution in [0.5, 0.6) is 0 Å². The van der Waals surface area contributed by atoms with E-state index in [9.17, 15) is 0 Å². The third kappa shape index (κ3) is 6.12. The van der Waals surface area contributed by atoms with Crippen LogP contribution in [0.15, 0.2) is 176 Å². The maximum absolute atomic E-state index is 5.00. The second-order valence-corrected chi connectivity index (χ2v) is 12.1. The Morgan fingerprint density at radius 2 is 0.854 bits per heavy atom. The standard InChI is InChI=1S/C42H29N5S/c1-4-12-30(13-5-1)33-18-10-20-35(22-33)42-45-41(46-48-42)34-19-11-21-38(23-34)47(39-24-36(26-43-28-39)31-14-6-2-7-15-31)40-25-37(27-44-29-40)32-16-8-3-9-17-32/h1-29H. The van der Waals surface area contributed by atoms with E-state index in [-0.39, 0.29) is 0 Å². The molecule has 228 valence electrons. The van der Waals surface area contributed by atoms with Gasteiger partial charge in [0.15, 0.2) is 5.82 Å². The lowest BCUT2D eigenvalue weighted by atomic mass is 10.0. The van der Waals surface area contributed by atoms with Crippen LogP contribution in [0.4, 0.5) is 17.1 Å². The average molecular weight is 636 g/mol. The summed E-state index contributed by atoms with van der Waals surface area (Å²) in [5.74, 6) is 0.689. The van der Waals surface area contributed by atoms with Crippen LogP contribution in [0, 0.1) is 0 Å². The monoisotopic (exact) mass is 635 g/mol. The summed E-state index contributed by atoms with van der Waals surface area (Å²) in [6.07, 6.45) is 7.60. The third-order valence-electron chi connectivity index (χ3n) is 8.18. The minimum Gasteiger partial charge on any atom is -0.307 e. The van der Waals surface area contributed by atoms with Gasteiger partial charge < -0.3 is 4.90 Å². The summed E-state index contributed by atoms with van der Waals surface area (Å²) in [4.78, 5) is 16.5. The van der Waals surface area contributed by atoms with Crippen molar-refractivity contribution in [3.8, 4) is 55.3 Å². The van der Waals surface area contributed by atoms with Crippen molar-refractivity contribution in [3.05, 3.63) is 176 Å². The second-order valence-electron chi connectivity index (χ2n) is 11.4. The van der Waals surface area contributed by atoms with Gasteiger partial charge in [0.05, 0.1) is 23.8 Å². The molecule has 5 nitrogen and oxygen atoms in total. The summed E-state index contributed by atoms with van der Waals surface area (Å²) in [6, 6.07) is 52.2. The Bertz CT molecular complexity index is 2220. The summed E-state index contributed by atoms with van der Waals surface area (Å²) in [6.45, 7) is 0. The van der Waals surface area contributed by atoms with Crippen molar-refractivity contribution in [2.24, 2.45) is 0 Å². The molecule has 0 atom stereocenters. The quantitative estimate of drug-likeness (QED) is 0.166. The van der Waals surface area contributed by atoms with Gasteiger partial charge in [-0.2, -0.15) is 4.37 Å². The first-order valence-electron chi connectivity index (χ1n) is 15.7. The Balaban J connectivity index is 1.19. The molecular weight excluding hydrogens is 607 g/mol. The molecule has 0 radical (unpaired) electrons. The van der Waals surface area contributed by atoms with E-state index in [2.05, 4.69) is 124 Å². The van der Waals surface area contributed by atoms with Gasteiger partial charge in [0.2, 0.25) is 0 Å². The maximum atomic E-state index is 5.00. The number of pyridine rings is 2. The molecule has 3 heterocycles. The molecule has 0 amide bonds. The third-order valence-corrected chi connectivity index (χ3v) is 8.95. The van der Waals surface area contributed by atoms with Gasteiger partial charge in [-0.3, -0.25) is 9.97 Å². The minimum atomic E-state index is 0.689. The predicted molar refractivity (Wildman–Crippen MR) is 197 cm³/mol. The number of hydrogen-bond acceptors (Lipinski definition) is 6. The molecule has 0 bridgehead atoms. The molecule has 0 aliphatic rings. The Morgan fingerprint density at radius 1 is 0.375 bits per heavy atom. The summed E-state index contributed by atoms with van der Waals surface area (Å²) in [7, 11) is 0. The fraction of sp³-hybridized carbons (Fsp3) is 0. The highest BCUT2D eigenvalue weighted by molar-refractivity contribution is 7.09. The fourth-order valence-corrected chi connectivity index (χ4v) is 6.51. The average Bonchev–Trinajstić information content (AvgIpc) is 3.68. The lowest BCUT2D eigenvalue weighted by Crippen LogP contribution is -2.11. The SMILES string of the molecule is c1ccc(-c2cccc(-c3nc(-c4cccc(N(c5cncc(-c6ccccc6)c5)c5cncc(-c6ccccc6)c5)c4)ns3)c2)cc1. The highest BCUT2D eigenvalue weighted by atomic mass is 32.1. The normalized spacial score (nSPS) is 10.9. The zero-order valence-electron chi connectivity index (χ0n) is 25.9. The van der Waals surface area contributed by atoms with Crippen molar-refractivity contribution in [3.63, 3.8) is 0 Å². The Morgan fingerprint density at radius 3 is 1.46 bits per heavy atom. The summed E-state index contributed by atoms with van der Waals surface area (Å²) >= 11 is 1.41. The van der Waals surface area contributed by atoms with Crippen molar-refractivity contribution in [1.29, 1.82) is 0 Å². The lowest BCUT2D eigenvalue weighted by Gasteiger charge is -2.26. The summed E-state index contributed by atoms with van der Waals surface area (Å²) in [5, 5.41) is 0.879. The van der Waals surface area contributed by atoms with Crippen molar-refractivity contribution in [2.45, 2.75) is 0 Å². The van der Waals surface area contributed by atoms with Crippen LogP contribution in [0.2, 0.25) is 0 Å². The summed E-state index contributed by atoms with van der Waals surface area (Å²) < 4.78 is 4.81. The highest BCUT2D eigenvalue weighted by Crippen LogP contribution is 2.39. The van der Waals surface area contributed by atoms with Crippen LogP contribution >= 0.6 is 11.5 Å². The molecule has 3 aromatic heterocycles. The molecule has 8 aromatic rings.